The summed E-state index contributed by atoms with van der Waals surface area (Å²) in [6.07, 6.45) is 0.270. The lowest BCUT2D eigenvalue weighted by molar-refractivity contribution is -0.115. The summed E-state index contributed by atoms with van der Waals surface area (Å²) >= 11 is 0. The van der Waals surface area contributed by atoms with Gasteiger partial charge in [0.15, 0.2) is 0 Å². The number of aryl methyl sites for hydroxylation is 4. The Bertz CT molecular complexity index is 996. The van der Waals surface area contributed by atoms with Gasteiger partial charge in [-0.3, -0.25) is 13.9 Å². The lowest BCUT2D eigenvalue weighted by Crippen LogP contribution is -2.19. The molecule has 1 aromatic heterocycles. The van der Waals surface area contributed by atoms with Crippen molar-refractivity contribution in [1.29, 1.82) is 0 Å². The smallest absolute Gasteiger partial charge is 0.326 e. The molecule has 0 aliphatic carbocycles. The van der Waals surface area contributed by atoms with Crippen LogP contribution in [0.5, 0.6) is 0 Å². The molecule has 0 aliphatic rings. The maximum absolute atomic E-state index is 12.3. The average Bonchev–Trinajstić information content (AvgIpc) is 2.75. The van der Waals surface area contributed by atoms with Crippen LogP contribution in [0.15, 0.2) is 41.2 Å². The van der Waals surface area contributed by atoms with Gasteiger partial charge >= 0.3 is 5.69 Å². The summed E-state index contributed by atoms with van der Waals surface area (Å²) in [5.41, 5.74) is 5.65. The number of nitrogens with zero attached hydrogens (tertiary/aromatic N) is 2. The molecule has 0 aliphatic heterocycles. The minimum Gasteiger partial charge on any atom is -0.326 e. The van der Waals surface area contributed by atoms with Crippen LogP contribution in [0.1, 0.15) is 16.7 Å². The van der Waals surface area contributed by atoms with E-state index < -0.39 is 0 Å². The third-order valence-corrected chi connectivity index (χ3v) is 4.49. The largest absolute Gasteiger partial charge is 0.328 e. The Kier molecular flexibility index (Phi) is 4.01. The third kappa shape index (κ3) is 2.85. The molecular formula is C19H21N3O2. The standard InChI is InChI=1S/C19H21N3O2/c1-12-5-7-15(9-13(12)2)20-18(23)11-14-6-8-16-17(10-14)22(4)19(24)21(16)3/h5-10H,11H2,1-4H3,(H,20,23). The number of nitrogens with one attached hydrogen (secondary N) is 1. The fraction of sp³-hybridized carbons (Fsp3) is 0.263. The monoisotopic (exact) mass is 323 g/mol. The summed E-state index contributed by atoms with van der Waals surface area (Å²) in [6, 6.07) is 11.5. The molecule has 5 nitrogen and oxygen atoms in total. The van der Waals surface area contributed by atoms with Gasteiger partial charge in [0.05, 0.1) is 17.5 Å². The summed E-state index contributed by atoms with van der Waals surface area (Å²) in [4.78, 5) is 24.3. The Labute approximate surface area is 140 Å². The maximum atomic E-state index is 12.3. The fourth-order valence-electron chi connectivity index (χ4n) is 2.87. The second kappa shape index (κ2) is 6.00. The lowest BCUT2D eigenvalue weighted by atomic mass is 10.1. The van der Waals surface area contributed by atoms with E-state index in [0.717, 1.165) is 27.8 Å². The Morgan fingerprint density at radius 2 is 1.67 bits per heavy atom. The molecule has 1 N–H and O–H groups in total. The molecule has 1 heterocycles. The molecule has 0 saturated carbocycles. The molecule has 2 aromatic carbocycles. The van der Waals surface area contributed by atoms with Gasteiger partial charge in [0.25, 0.3) is 0 Å². The van der Waals surface area contributed by atoms with Crippen LogP contribution in [0.4, 0.5) is 5.69 Å². The Balaban J connectivity index is 1.81. The number of benzene rings is 2. The average molecular weight is 323 g/mol. The van der Waals surface area contributed by atoms with E-state index in [9.17, 15) is 9.59 Å². The van der Waals surface area contributed by atoms with Crippen LogP contribution in [-0.2, 0) is 25.3 Å². The first-order chi connectivity index (χ1) is 11.4. The number of hydrogen-bond donors (Lipinski definition) is 1. The molecule has 3 rings (SSSR count). The molecule has 0 bridgehead atoms. The Hall–Kier alpha value is -2.82. The van der Waals surface area contributed by atoms with Gasteiger partial charge in [0, 0.05) is 19.8 Å². The van der Waals surface area contributed by atoms with Crippen molar-refractivity contribution in [2.75, 3.05) is 5.32 Å². The van der Waals surface area contributed by atoms with Crippen molar-refractivity contribution in [2.24, 2.45) is 14.1 Å². The zero-order chi connectivity index (χ0) is 17.4. The number of rotatable bonds is 3. The Morgan fingerprint density at radius 3 is 2.38 bits per heavy atom. The van der Waals surface area contributed by atoms with E-state index in [1.807, 2.05) is 50.2 Å². The number of amides is 1. The van der Waals surface area contributed by atoms with Crippen LogP contribution in [0, 0.1) is 13.8 Å². The highest BCUT2D eigenvalue weighted by molar-refractivity contribution is 5.93. The van der Waals surface area contributed by atoms with Gasteiger partial charge < -0.3 is 5.32 Å². The van der Waals surface area contributed by atoms with Crippen LogP contribution >= 0.6 is 0 Å². The van der Waals surface area contributed by atoms with E-state index in [2.05, 4.69) is 5.32 Å². The number of fused-ring (bicyclic) bond motifs is 1. The fourth-order valence-corrected chi connectivity index (χ4v) is 2.87. The molecular weight excluding hydrogens is 302 g/mol. The van der Waals surface area contributed by atoms with Gasteiger partial charge in [0.2, 0.25) is 5.91 Å². The minimum atomic E-state index is -0.0708. The number of aromatic nitrogens is 2. The van der Waals surface area contributed by atoms with Gasteiger partial charge in [-0.2, -0.15) is 0 Å². The van der Waals surface area contributed by atoms with Gasteiger partial charge in [-0.1, -0.05) is 12.1 Å². The van der Waals surface area contributed by atoms with E-state index in [4.69, 9.17) is 0 Å². The Morgan fingerprint density at radius 1 is 0.958 bits per heavy atom. The summed E-state index contributed by atoms with van der Waals surface area (Å²) < 4.78 is 3.20. The van der Waals surface area contributed by atoms with Gasteiger partial charge in [0.1, 0.15) is 0 Å². The van der Waals surface area contributed by atoms with Crippen molar-refractivity contribution in [3.63, 3.8) is 0 Å². The minimum absolute atomic E-state index is 0.0678. The molecule has 0 spiro atoms. The molecule has 124 valence electrons. The van der Waals surface area contributed by atoms with E-state index in [1.165, 1.54) is 5.56 Å². The third-order valence-electron chi connectivity index (χ3n) is 4.49. The molecule has 0 saturated heterocycles. The molecule has 24 heavy (non-hydrogen) atoms. The van der Waals surface area contributed by atoms with Crippen LogP contribution in [0.25, 0.3) is 11.0 Å². The van der Waals surface area contributed by atoms with E-state index in [-0.39, 0.29) is 18.0 Å². The summed E-state index contributed by atoms with van der Waals surface area (Å²) in [5, 5.41) is 2.93. The van der Waals surface area contributed by atoms with Crippen LogP contribution < -0.4 is 11.0 Å². The molecule has 0 radical (unpaired) electrons. The van der Waals surface area contributed by atoms with Crippen LogP contribution in [0.2, 0.25) is 0 Å². The van der Waals surface area contributed by atoms with Crippen molar-refractivity contribution in [3.05, 3.63) is 63.6 Å². The summed E-state index contributed by atoms with van der Waals surface area (Å²) in [6.45, 7) is 4.06. The molecule has 1 amide bonds. The normalized spacial score (nSPS) is 11.0. The molecule has 0 fully saturated rings. The molecule has 3 aromatic rings. The summed E-state index contributed by atoms with van der Waals surface area (Å²) in [7, 11) is 3.49. The lowest BCUT2D eigenvalue weighted by Gasteiger charge is -2.08. The predicted molar refractivity (Wildman–Crippen MR) is 96.4 cm³/mol. The zero-order valence-corrected chi connectivity index (χ0v) is 14.4. The number of anilines is 1. The quantitative estimate of drug-likeness (QED) is 0.806. The van der Waals surface area contributed by atoms with Gasteiger partial charge in [-0.05, 0) is 54.8 Å². The highest BCUT2D eigenvalue weighted by Crippen LogP contribution is 2.17. The number of imidazole rings is 1. The molecule has 5 heteroatoms. The number of carbonyl (C=O) groups excluding carboxylic acids is 1. The van der Waals surface area contributed by atoms with Crippen molar-refractivity contribution in [1.82, 2.24) is 9.13 Å². The highest BCUT2D eigenvalue weighted by atomic mass is 16.2. The highest BCUT2D eigenvalue weighted by Gasteiger charge is 2.10. The molecule has 0 unspecified atom stereocenters. The van der Waals surface area contributed by atoms with Crippen molar-refractivity contribution >= 4 is 22.6 Å². The first-order valence-electron chi connectivity index (χ1n) is 7.88. The van der Waals surface area contributed by atoms with Crippen LogP contribution in [-0.4, -0.2) is 15.0 Å². The number of hydrogen-bond acceptors (Lipinski definition) is 2. The van der Waals surface area contributed by atoms with E-state index in [1.54, 1.807) is 23.2 Å². The topological polar surface area (TPSA) is 56.0 Å². The van der Waals surface area contributed by atoms with Crippen molar-refractivity contribution < 1.29 is 4.79 Å². The second-order valence-corrected chi connectivity index (χ2v) is 6.25. The maximum Gasteiger partial charge on any atom is 0.328 e. The second-order valence-electron chi connectivity index (χ2n) is 6.25. The van der Waals surface area contributed by atoms with Crippen molar-refractivity contribution in [2.45, 2.75) is 20.3 Å². The predicted octanol–water partition coefficient (Wildman–Crippen LogP) is 2.68. The summed E-state index contributed by atoms with van der Waals surface area (Å²) in [5.74, 6) is -0.0708. The first kappa shape index (κ1) is 16.1. The van der Waals surface area contributed by atoms with E-state index >= 15 is 0 Å². The number of carbonyl (C=O) groups is 1. The van der Waals surface area contributed by atoms with Gasteiger partial charge in [-0.15, -0.1) is 0 Å². The SMILES string of the molecule is Cc1ccc(NC(=O)Cc2ccc3c(c2)n(C)c(=O)n3C)cc1C. The van der Waals surface area contributed by atoms with Crippen molar-refractivity contribution in [3.8, 4) is 0 Å². The van der Waals surface area contributed by atoms with Crippen LogP contribution in [0.3, 0.4) is 0 Å². The zero-order valence-electron chi connectivity index (χ0n) is 14.4. The van der Waals surface area contributed by atoms with E-state index in [0.29, 0.717) is 0 Å². The van der Waals surface area contributed by atoms with Gasteiger partial charge in [-0.25, -0.2) is 4.79 Å². The first-order valence-corrected chi connectivity index (χ1v) is 7.88. The molecule has 0 atom stereocenters.